The molecule has 4 heteroatoms. The molecule has 3 rings (SSSR count). The number of carbonyl (C=O) groups is 1. The average Bonchev–Trinajstić information content (AvgIpc) is 2.99. The Hall–Kier alpha value is -1.55. The first-order valence-corrected chi connectivity index (χ1v) is 7.68. The summed E-state index contributed by atoms with van der Waals surface area (Å²) in [7, 11) is 0. The standard InChI is InChI=1S/C16H23N3O/c20-16(18-13-5-2-1-3-6-13)15-7-4-12-19(15)14-8-10-17-11-9-14/h1-2,4,7,12-14,17H,3,5-6,8-11H2,(H,18,20). The van der Waals surface area contributed by atoms with Gasteiger partial charge in [-0.05, 0) is 57.3 Å². The number of hydrogen-bond acceptors (Lipinski definition) is 2. The Morgan fingerprint density at radius 2 is 2.10 bits per heavy atom. The van der Waals surface area contributed by atoms with Gasteiger partial charge in [0.15, 0.2) is 0 Å². The van der Waals surface area contributed by atoms with Crippen molar-refractivity contribution >= 4 is 5.91 Å². The third-order valence-corrected chi connectivity index (χ3v) is 4.32. The lowest BCUT2D eigenvalue weighted by atomic mass is 10.0. The van der Waals surface area contributed by atoms with E-state index < -0.39 is 0 Å². The molecule has 2 N–H and O–H groups in total. The zero-order chi connectivity index (χ0) is 13.8. The predicted molar refractivity (Wildman–Crippen MR) is 79.8 cm³/mol. The van der Waals surface area contributed by atoms with E-state index in [0.29, 0.717) is 12.1 Å². The molecular weight excluding hydrogens is 250 g/mol. The van der Waals surface area contributed by atoms with Gasteiger partial charge >= 0.3 is 0 Å². The number of amides is 1. The minimum atomic E-state index is 0.0776. The summed E-state index contributed by atoms with van der Waals surface area (Å²) in [6, 6.07) is 4.68. The Balaban J connectivity index is 1.68. The topological polar surface area (TPSA) is 46.1 Å². The first-order chi connectivity index (χ1) is 9.84. The van der Waals surface area contributed by atoms with Crippen molar-refractivity contribution in [2.75, 3.05) is 13.1 Å². The molecule has 108 valence electrons. The maximum atomic E-state index is 12.5. The van der Waals surface area contributed by atoms with Crippen LogP contribution < -0.4 is 10.6 Å². The summed E-state index contributed by atoms with van der Waals surface area (Å²) in [4.78, 5) is 12.5. The van der Waals surface area contributed by atoms with E-state index in [9.17, 15) is 4.79 Å². The Kier molecular flexibility index (Phi) is 4.21. The lowest BCUT2D eigenvalue weighted by molar-refractivity contribution is 0.0921. The number of hydrogen-bond donors (Lipinski definition) is 2. The van der Waals surface area contributed by atoms with Gasteiger partial charge in [0.2, 0.25) is 0 Å². The van der Waals surface area contributed by atoms with Gasteiger partial charge in [-0.25, -0.2) is 0 Å². The van der Waals surface area contributed by atoms with Crippen LogP contribution in [0.15, 0.2) is 30.5 Å². The number of nitrogens with one attached hydrogen (secondary N) is 2. The first-order valence-electron chi connectivity index (χ1n) is 7.68. The molecule has 1 atom stereocenters. The second-order valence-electron chi connectivity index (χ2n) is 5.74. The summed E-state index contributed by atoms with van der Waals surface area (Å²) in [5.74, 6) is 0.0776. The van der Waals surface area contributed by atoms with Gasteiger partial charge in [-0.2, -0.15) is 0 Å². The van der Waals surface area contributed by atoms with E-state index in [2.05, 4.69) is 27.4 Å². The lowest BCUT2D eigenvalue weighted by Gasteiger charge is -2.26. The van der Waals surface area contributed by atoms with Crippen LogP contribution >= 0.6 is 0 Å². The number of rotatable bonds is 3. The number of nitrogens with zero attached hydrogens (tertiary/aromatic N) is 1. The molecule has 0 spiro atoms. The summed E-state index contributed by atoms with van der Waals surface area (Å²) < 4.78 is 2.16. The molecule has 0 saturated carbocycles. The molecule has 2 heterocycles. The van der Waals surface area contributed by atoms with E-state index in [4.69, 9.17) is 0 Å². The van der Waals surface area contributed by atoms with Crippen molar-refractivity contribution in [1.29, 1.82) is 0 Å². The predicted octanol–water partition coefficient (Wildman–Crippen LogP) is 2.25. The average molecular weight is 273 g/mol. The largest absolute Gasteiger partial charge is 0.348 e. The molecule has 0 radical (unpaired) electrons. The minimum Gasteiger partial charge on any atom is -0.348 e. The van der Waals surface area contributed by atoms with Gasteiger partial charge in [0, 0.05) is 18.3 Å². The second kappa shape index (κ2) is 6.27. The zero-order valence-electron chi connectivity index (χ0n) is 11.8. The number of piperidine rings is 1. The van der Waals surface area contributed by atoms with Crippen molar-refractivity contribution < 1.29 is 4.79 Å². The van der Waals surface area contributed by atoms with Crippen LogP contribution in [0.3, 0.4) is 0 Å². The fourth-order valence-electron chi connectivity index (χ4n) is 3.17. The van der Waals surface area contributed by atoms with Crippen LogP contribution in [-0.4, -0.2) is 29.6 Å². The van der Waals surface area contributed by atoms with Crippen LogP contribution in [0.25, 0.3) is 0 Å². The fraction of sp³-hybridized carbons (Fsp3) is 0.562. The van der Waals surface area contributed by atoms with Gasteiger partial charge in [-0.15, -0.1) is 0 Å². The molecule has 20 heavy (non-hydrogen) atoms. The van der Waals surface area contributed by atoms with E-state index in [1.54, 1.807) is 0 Å². The molecule has 1 amide bonds. The van der Waals surface area contributed by atoms with E-state index in [1.807, 2.05) is 18.3 Å². The molecule has 2 aliphatic rings. The highest BCUT2D eigenvalue weighted by molar-refractivity contribution is 5.93. The Morgan fingerprint density at radius 1 is 1.25 bits per heavy atom. The number of allylic oxidation sites excluding steroid dienone is 1. The quantitative estimate of drug-likeness (QED) is 0.830. The third kappa shape index (κ3) is 2.96. The van der Waals surface area contributed by atoms with E-state index in [0.717, 1.165) is 50.9 Å². The van der Waals surface area contributed by atoms with Crippen LogP contribution in [0.1, 0.15) is 48.6 Å². The van der Waals surface area contributed by atoms with Crippen LogP contribution in [0.2, 0.25) is 0 Å². The van der Waals surface area contributed by atoms with E-state index in [1.165, 1.54) is 0 Å². The molecule has 0 aromatic carbocycles. The van der Waals surface area contributed by atoms with Crippen molar-refractivity contribution in [1.82, 2.24) is 15.2 Å². The van der Waals surface area contributed by atoms with Gasteiger partial charge in [0.1, 0.15) is 5.69 Å². The molecule has 1 aliphatic heterocycles. The first kappa shape index (κ1) is 13.4. The van der Waals surface area contributed by atoms with Crippen LogP contribution in [0.5, 0.6) is 0 Å². The fourth-order valence-corrected chi connectivity index (χ4v) is 3.17. The Morgan fingerprint density at radius 3 is 2.85 bits per heavy atom. The highest BCUT2D eigenvalue weighted by atomic mass is 16.2. The van der Waals surface area contributed by atoms with Gasteiger partial charge in [0.25, 0.3) is 5.91 Å². The van der Waals surface area contributed by atoms with Gasteiger partial charge in [-0.3, -0.25) is 4.79 Å². The van der Waals surface area contributed by atoms with E-state index in [-0.39, 0.29) is 5.91 Å². The van der Waals surface area contributed by atoms with Crippen molar-refractivity contribution in [2.24, 2.45) is 0 Å². The van der Waals surface area contributed by atoms with Gasteiger partial charge in [-0.1, -0.05) is 12.2 Å². The number of carbonyl (C=O) groups excluding carboxylic acids is 1. The summed E-state index contributed by atoms with van der Waals surface area (Å²) in [6.45, 7) is 2.08. The maximum absolute atomic E-state index is 12.5. The van der Waals surface area contributed by atoms with Crippen molar-refractivity contribution in [2.45, 2.75) is 44.2 Å². The van der Waals surface area contributed by atoms with Crippen LogP contribution in [-0.2, 0) is 0 Å². The van der Waals surface area contributed by atoms with Crippen molar-refractivity contribution in [3.05, 3.63) is 36.2 Å². The summed E-state index contributed by atoms with van der Waals surface area (Å²) in [5, 5.41) is 6.54. The van der Waals surface area contributed by atoms with Gasteiger partial charge in [0.05, 0.1) is 0 Å². The molecule has 1 aromatic heterocycles. The third-order valence-electron chi connectivity index (χ3n) is 4.32. The van der Waals surface area contributed by atoms with Crippen molar-refractivity contribution in [3.8, 4) is 0 Å². The van der Waals surface area contributed by atoms with E-state index >= 15 is 0 Å². The Labute approximate surface area is 120 Å². The molecule has 1 aliphatic carbocycles. The van der Waals surface area contributed by atoms with Crippen LogP contribution in [0, 0.1) is 0 Å². The zero-order valence-corrected chi connectivity index (χ0v) is 11.8. The summed E-state index contributed by atoms with van der Waals surface area (Å²) in [5.41, 5.74) is 0.812. The lowest BCUT2D eigenvalue weighted by Crippen LogP contribution is -2.37. The molecule has 1 aromatic rings. The highest BCUT2D eigenvalue weighted by Gasteiger charge is 2.21. The summed E-state index contributed by atoms with van der Waals surface area (Å²) in [6.07, 6.45) is 11.7. The molecule has 1 unspecified atom stereocenters. The van der Waals surface area contributed by atoms with Crippen LogP contribution in [0.4, 0.5) is 0 Å². The highest BCUT2D eigenvalue weighted by Crippen LogP contribution is 2.21. The second-order valence-corrected chi connectivity index (χ2v) is 5.74. The summed E-state index contributed by atoms with van der Waals surface area (Å²) >= 11 is 0. The minimum absolute atomic E-state index is 0.0776. The Bertz CT molecular complexity index is 486. The SMILES string of the molecule is O=C(NC1CC=CCC1)c1cccn1C1CCNCC1. The monoisotopic (exact) mass is 273 g/mol. The van der Waals surface area contributed by atoms with Gasteiger partial charge < -0.3 is 15.2 Å². The molecule has 4 nitrogen and oxygen atoms in total. The van der Waals surface area contributed by atoms with Crippen molar-refractivity contribution in [3.63, 3.8) is 0 Å². The normalized spacial score (nSPS) is 23.7. The maximum Gasteiger partial charge on any atom is 0.268 e. The smallest absolute Gasteiger partial charge is 0.268 e. The molecule has 1 saturated heterocycles. The molecular formula is C16H23N3O. The molecule has 1 fully saturated rings. The number of aromatic nitrogens is 1. The molecule has 0 bridgehead atoms.